The van der Waals surface area contributed by atoms with Gasteiger partial charge in [0.1, 0.15) is 5.84 Å². The fourth-order valence-corrected chi connectivity index (χ4v) is 2.83. The molecular weight excluding hydrogens is 258 g/mol. The molecule has 0 aliphatic carbocycles. The van der Waals surface area contributed by atoms with Crippen LogP contribution in [0.4, 0.5) is 5.69 Å². The maximum atomic E-state index is 6.27. The lowest BCUT2D eigenvalue weighted by Gasteiger charge is -2.26. The van der Waals surface area contributed by atoms with Gasteiger partial charge in [-0.15, -0.1) is 0 Å². The third-order valence-electron chi connectivity index (χ3n) is 3.98. The van der Waals surface area contributed by atoms with E-state index in [1.165, 1.54) is 16.7 Å². The van der Waals surface area contributed by atoms with Gasteiger partial charge in [0.25, 0.3) is 0 Å². The second-order valence-electron chi connectivity index (χ2n) is 5.40. The highest BCUT2D eigenvalue weighted by Gasteiger charge is 2.22. The maximum absolute atomic E-state index is 6.27. The van der Waals surface area contributed by atoms with Crippen molar-refractivity contribution in [2.45, 2.75) is 25.8 Å². The molecule has 0 saturated heterocycles. The molecule has 1 aliphatic heterocycles. The van der Waals surface area contributed by atoms with Crippen molar-refractivity contribution in [2.24, 2.45) is 10.7 Å². The summed E-state index contributed by atoms with van der Waals surface area (Å²) in [6.45, 7) is 3.08. The average molecular weight is 279 g/mol. The summed E-state index contributed by atoms with van der Waals surface area (Å²) in [6.07, 6.45) is 2.05. The standard InChI is InChI=1S/C18H21N3/c1-2-13-6-5-8-15(12-13)21-18(19)17-16-9-4-3-7-14(16)10-11-20-17/h3-9,12,17,20H,2,10-11H2,1H3,(H2,19,21). The lowest BCUT2D eigenvalue weighted by Crippen LogP contribution is -2.38. The molecule has 0 spiro atoms. The van der Waals surface area contributed by atoms with Crippen LogP contribution in [0.15, 0.2) is 53.5 Å². The topological polar surface area (TPSA) is 50.4 Å². The summed E-state index contributed by atoms with van der Waals surface area (Å²) in [4.78, 5) is 4.62. The molecule has 1 heterocycles. The summed E-state index contributed by atoms with van der Waals surface area (Å²) >= 11 is 0. The van der Waals surface area contributed by atoms with Gasteiger partial charge in [-0.05, 0) is 41.7 Å². The Bertz CT molecular complexity index is 661. The van der Waals surface area contributed by atoms with Crippen molar-refractivity contribution in [1.82, 2.24) is 5.32 Å². The third-order valence-corrected chi connectivity index (χ3v) is 3.98. The van der Waals surface area contributed by atoms with E-state index in [0.29, 0.717) is 5.84 Å². The minimum absolute atomic E-state index is 0.0141. The van der Waals surface area contributed by atoms with Crippen LogP contribution in [0.3, 0.4) is 0 Å². The largest absolute Gasteiger partial charge is 0.386 e. The molecule has 0 aromatic heterocycles. The van der Waals surface area contributed by atoms with Gasteiger partial charge in [0.2, 0.25) is 0 Å². The predicted octanol–water partition coefficient (Wildman–Crippen LogP) is 3.12. The average Bonchev–Trinajstić information content (AvgIpc) is 2.54. The zero-order valence-electron chi connectivity index (χ0n) is 12.3. The van der Waals surface area contributed by atoms with Crippen molar-refractivity contribution in [3.63, 3.8) is 0 Å². The number of nitrogens with zero attached hydrogens (tertiary/aromatic N) is 1. The molecule has 3 nitrogen and oxygen atoms in total. The Balaban J connectivity index is 1.91. The third kappa shape index (κ3) is 2.98. The zero-order chi connectivity index (χ0) is 14.7. The van der Waals surface area contributed by atoms with Gasteiger partial charge in [0.15, 0.2) is 0 Å². The Hall–Kier alpha value is -2.13. The van der Waals surface area contributed by atoms with Crippen LogP contribution in [0.2, 0.25) is 0 Å². The first-order valence-electron chi connectivity index (χ1n) is 7.52. The van der Waals surface area contributed by atoms with Gasteiger partial charge >= 0.3 is 0 Å². The van der Waals surface area contributed by atoms with Crippen LogP contribution in [0.25, 0.3) is 0 Å². The summed E-state index contributed by atoms with van der Waals surface area (Å²) in [6, 6.07) is 16.7. The van der Waals surface area contributed by atoms with Crippen molar-refractivity contribution in [1.29, 1.82) is 0 Å². The highest BCUT2D eigenvalue weighted by molar-refractivity contribution is 5.89. The molecule has 0 saturated carbocycles. The molecule has 1 atom stereocenters. The number of hydrogen-bond donors (Lipinski definition) is 2. The van der Waals surface area contributed by atoms with E-state index in [2.05, 4.69) is 53.6 Å². The lowest BCUT2D eigenvalue weighted by molar-refractivity contribution is 0.601. The van der Waals surface area contributed by atoms with Crippen molar-refractivity contribution in [3.05, 3.63) is 65.2 Å². The molecule has 0 fully saturated rings. The van der Waals surface area contributed by atoms with E-state index in [-0.39, 0.29) is 6.04 Å². The molecule has 3 heteroatoms. The van der Waals surface area contributed by atoms with Gasteiger partial charge in [-0.1, -0.05) is 43.3 Å². The smallest absolute Gasteiger partial charge is 0.121 e. The normalized spacial score (nSPS) is 18.3. The van der Waals surface area contributed by atoms with Crippen LogP contribution in [0.5, 0.6) is 0 Å². The molecule has 2 aromatic rings. The fourth-order valence-electron chi connectivity index (χ4n) is 2.83. The molecule has 3 N–H and O–H groups in total. The van der Waals surface area contributed by atoms with Crippen molar-refractivity contribution < 1.29 is 0 Å². The second-order valence-corrected chi connectivity index (χ2v) is 5.40. The Morgan fingerprint density at radius 1 is 1.24 bits per heavy atom. The molecule has 1 aliphatic rings. The maximum Gasteiger partial charge on any atom is 0.121 e. The van der Waals surface area contributed by atoms with Crippen molar-refractivity contribution in [3.8, 4) is 0 Å². The number of aliphatic imine (C=N–C) groups is 1. The number of fused-ring (bicyclic) bond motifs is 1. The lowest BCUT2D eigenvalue weighted by atomic mass is 9.94. The van der Waals surface area contributed by atoms with Gasteiger partial charge in [-0.2, -0.15) is 0 Å². The highest BCUT2D eigenvalue weighted by Crippen LogP contribution is 2.24. The zero-order valence-corrected chi connectivity index (χ0v) is 12.3. The van der Waals surface area contributed by atoms with E-state index >= 15 is 0 Å². The van der Waals surface area contributed by atoms with Crippen molar-refractivity contribution >= 4 is 11.5 Å². The summed E-state index contributed by atoms with van der Waals surface area (Å²) < 4.78 is 0. The number of rotatable bonds is 3. The summed E-state index contributed by atoms with van der Waals surface area (Å²) in [7, 11) is 0. The van der Waals surface area contributed by atoms with Gasteiger partial charge < -0.3 is 11.1 Å². The van der Waals surface area contributed by atoms with Crippen LogP contribution in [-0.4, -0.2) is 12.4 Å². The summed E-state index contributed by atoms with van der Waals surface area (Å²) in [5, 5.41) is 3.47. The van der Waals surface area contributed by atoms with Gasteiger partial charge in [-0.25, -0.2) is 4.99 Å². The van der Waals surface area contributed by atoms with Crippen LogP contribution in [0.1, 0.15) is 29.7 Å². The summed E-state index contributed by atoms with van der Waals surface area (Å²) in [5.74, 6) is 0.635. The van der Waals surface area contributed by atoms with E-state index in [0.717, 1.165) is 25.1 Å². The molecule has 2 aromatic carbocycles. The number of nitrogens with one attached hydrogen (secondary N) is 1. The first-order valence-corrected chi connectivity index (χ1v) is 7.52. The van der Waals surface area contributed by atoms with Crippen LogP contribution in [-0.2, 0) is 12.8 Å². The van der Waals surface area contributed by atoms with E-state index in [1.54, 1.807) is 0 Å². The Morgan fingerprint density at radius 2 is 2.10 bits per heavy atom. The Labute approximate surface area is 125 Å². The van der Waals surface area contributed by atoms with Crippen molar-refractivity contribution in [2.75, 3.05) is 6.54 Å². The second kappa shape index (κ2) is 6.10. The predicted molar refractivity (Wildman–Crippen MR) is 88.0 cm³/mol. The molecular formula is C18H21N3. The van der Waals surface area contributed by atoms with Gasteiger partial charge in [0.05, 0.1) is 11.7 Å². The molecule has 0 amide bonds. The van der Waals surface area contributed by atoms with E-state index in [1.807, 2.05) is 12.1 Å². The number of benzene rings is 2. The molecule has 21 heavy (non-hydrogen) atoms. The molecule has 1 unspecified atom stereocenters. The monoisotopic (exact) mass is 279 g/mol. The van der Waals surface area contributed by atoms with Crippen LogP contribution in [0, 0.1) is 0 Å². The number of aryl methyl sites for hydroxylation is 1. The summed E-state index contributed by atoms with van der Waals surface area (Å²) in [5.41, 5.74) is 11.1. The first kappa shape index (κ1) is 13.8. The number of nitrogens with two attached hydrogens (primary N) is 1. The van der Waals surface area contributed by atoms with Gasteiger partial charge in [-0.3, -0.25) is 0 Å². The molecule has 108 valence electrons. The van der Waals surface area contributed by atoms with E-state index in [9.17, 15) is 0 Å². The minimum Gasteiger partial charge on any atom is -0.386 e. The first-order chi connectivity index (χ1) is 10.3. The van der Waals surface area contributed by atoms with Gasteiger partial charge in [0, 0.05) is 6.54 Å². The van der Waals surface area contributed by atoms with E-state index in [4.69, 9.17) is 5.73 Å². The van der Waals surface area contributed by atoms with E-state index < -0.39 is 0 Å². The molecule has 3 rings (SSSR count). The molecule has 0 bridgehead atoms. The quantitative estimate of drug-likeness (QED) is 0.670. The van der Waals surface area contributed by atoms with Crippen LogP contribution >= 0.6 is 0 Å². The Kier molecular flexibility index (Phi) is 4.02. The number of hydrogen-bond acceptors (Lipinski definition) is 2. The fraction of sp³-hybridized carbons (Fsp3) is 0.278. The van der Waals surface area contributed by atoms with Crippen LogP contribution < -0.4 is 11.1 Å². The minimum atomic E-state index is 0.0141. The SMILES string of the molecule is CCc1cccc(N=C(N)C2NCCc3ccccc32)c1. The molecule has 0 radical (unpaired) electrons. The number of amidine groups is 1. The Morgan fingerprint density at radius 3 is 2.95 bits per heavy atom. The highest BCUT2D eigenvalue weighted by atomic mass is 15.0.